The van der Waals surface area contributed by atoms with Gasteiger partial charge in [-0.3, -0.25) is 4.79 Å². The number of carbonyl (C=O) groups excluding carboxylic acids is 1. The molecule has 0 fully saturated rings. The van der Waals surface area contributed by atoms with Crippen LogP contribution < -0.4 is 5.32 Å². The third-order valence-corrected chi connectivity index (χ3v) is 3.89. The van der Waals surface area contributed by atoms with Crippen LogP contribution in [0.25, 0.3) is 11.0 Å². The fourth-order valence-electron chi connectivity index (χ4n) is 2.47. The molecule has 1 unspecified atom stereocenters. The molecule has 4 heteroatoms. The molecule has 0 aliphatic rings. The Morgan fingerprint density at radius 3 is 2.91 bits per heavy atom. The van der Waals surface area contributed by atoms with E-state index in [4.69, 9.17) is 4.98 Å². The summed E-state index contributed by atoms with van der Waals surface area (Å²) in [6, 6.07) is 8.23. The van der Waals surface area contributed by atoms with E-state index < -0.39 is 0 Å². The van der Waals surface area contributed by atoms with Gasteiger partial charge < -0.3 is 9.88 Å². The second-order valence-electron chi connectivity index (χ2n) is 5.68. The van der Waals surface area contributed by atoms with E-state index in [0.717, 1.165) is 30.7 Å². The first-order valence-electron chi connectivity index (χ1n) is 8.00. The van der Waals surface area contributed by atoms with Crippen molar-refractivity contribution >= 4 is 16.9 Å². The van der Waals surface area contributed by atoms with Crippen molar-refractivity contribution in [2.45, 2.75) is 40.2 Å². The quantitative estimate of drug-likeness (QED) is 0.797. The maximum Gasteiger partial charge on any atom is 0.243 e. The van der Waals surface area contributed by atoms with Gasteiger partial charge in [-0.15, -0.1) is 0 Å². The van der Waals surface area contributed by atoms with Crippen molar-refractivity contribution < 1.29 is 4.79 Å². The van der Waals surface area contributed by atoms with Gasteiger partial charge in [-0.2, -0.15) is 0 Å². The maximum atomic E-state index is 11.5. The first-order valence-corrected chi connectivity index (χ1v) is 8.00. The number of allylic oxidation sites excluding steroid dienone is 1. The highest BCUT2D eigenvalue weighted by Gasteiger charge is 2.12. The molecule has 1 aromatic heterocycles. The van der Waals surface area contributed by atoms with Crippen LogP contribution in [-0.4, -0.2) is 22.0 Å². The monoisotopic (exact) mass is 299 g/mol. The zero-order valence-electron chi connectivity index (χ0n) is 13.7. The van der Waals surface area contributed by atoms with Gasteiger partial charge in [0.25, 0.3) is 0 Å². The van der Waals surface area contributed by atoms with E-state index in [-0.39, 0.29) is 5.91 Å². The van der Waals surface area contributed by atoms with E-state index in [9.17, 15) is 4.79 Å². The number of hydrogen-bond donors (Lipinski definition) is 1. The summed E-state index contributed by atoms with van der Waals surface area (Å²) in [6.45, 7) is 7.88. The highest BCUT2D eigenvalue weighted by Crippen LogP contribution is 2.19. The first kappa shape index (κ1) is 16.3. The molecule has 4 nitrogen and oxygen atoms in total. The number of rotatable bonds is 7. The van der Waals surface area contributed by atoms with Gasteiger partial charge in [0, 0.05) is 19.5 Å². The van der Waals surface area contributed by atoms with Crippen LogP contribution in [0.4, 0.5) is 0 Å². The van der Waals surface area contributed by atoms with Gasteiger partial charge in [0.2, 0.25) is 5.91 Å². The Balaban J connectivity index is 2.16. The van der Waals surface area contributed by atoms with Gasteiger partial charge in [0.15, 0.2) is 0 Å². The van der Waals surface area contributed by atoms with Crippen LogP contribution in [0.5, 0.6) is 0 Å². The number of nitrogens with zero attached hydrogens (tertiary/aromatic N) is 2. The average molecular weight is 299 g/mol. The summed E-state index contributed by atoms with van der Waals surface area (Å²) in [5, 5.41) is 2.89. The molecule has 1 aromatic carbocycles. The number of nitrogens with one attached hydrogen (secondary N) is 1. The molecule has 1 atom stereocenters. The minimum absolute atomic E-state index is 0.0490. The molecule has 0 saturated heterocycles. The SMILES string of the molecule is C/C=C/C(=O)NCCc1nc2ccccc2n1CC(C)CC. The molecule has 1 N–H and O–H groups in total. The fourth-order valence-corrected chi connectivity index (χ4v) is 2.47. The Morgan fingerprint density at radius 2 is 2.18 bits per heavy atom. The number of aromatic nitrogens is 2. The van der Waals surface area contributed by atoms with Crippen LogP contribution in [0.15, 0.2) is 36.4 Å². The van der Waals surface area contributed by atoms with Gasteiger partial charge in [-0.25, -0.2) is 4.98 Å². The molecule has 2 rings (SSSR count). The molecule has 0 saturated carbocycles. The molecule has 1 amide bonds. The van der Waals surface area contributed by atoms with Crippen molar-refractivity contribution in [2.75, 3.05) is 6.54 Å². The van der Waals surface area contributed by atoms with Crippen LogP contribution in [0.3, 0.4) is 0 Å². The van der Waals surface area contributed by atoms with E-state index in [1.807, 2.05) is 19.1 Å². The summed E-state index contributed by atoms with van der Waals surface area (Å²) >= 11 is 0. The zero-order chi connectivity index (χ0) is 15.9. The summed E-state index contributed by atoms with van der Waals surface area (Å²) in [6.07, 6.45) is 5.17. The van der Waals surface area contributed by atoms with Crippen LogP contribution in [0.2, 0.25) is 0 Å². The average Bonchev–Trinajstić information content (AvgIpc) is 2.85. The summed E-state index contributed by atoms with van der Waals surface area (Å²) in [5.74, 6) is 1.60. The minimum atomic E-state index is -0.0490. The van der Waals surface area contributed by atoms with Crippen LogP contribution in [0, 0.1) is 5.92 Å². The Labute approximate surface area is 132 Å². The van der Waals surface area contributed by atoms with Crippen molar-refractivity contribution in [3.63, 3.8) is 0 Å². The first-order chi connectivity index (χ1) is 10.7. The van der Waals surface area contributed by atoms with Crippen molar-refractivity contribution in [3.05, 3.63) is 42.2 Å². The molecule has 2 aromatic rings. The summed E-state index contributed by atoms with van der Waals surface area (Å²) in [5.41, 5.74) is 2.21. The minimum Gasteiger partial charge on any atom is -0.352 e. The number of para-hydroxylation sites is 2. The molecule has 0 aliphatic heterocycles. The van der Waals surface area contributed by atoms with E-state index in [1.54, 1.807) is 12.2 Å². The topological polar surface area (TPSA) is 46.9 Å². The number of benzene rings is 1. The van der Waals surface area contributed by atoms with Crippen LogP contribution in [-0.2, 0) is 17.8 Å². The molecule has 1 heterocycles. The molecule has 0 aliphatic carbocycles. The molecule has 0 bridgehead atoms. The fraction of sp³-hybridized carbons (Fsp3) is 0.444. The molecule has 118 valence electrons. The Kier molecular flexibility index (Phi) is 5.75. The molecular weight excluding hydrogens is 274 g/mol. The predicted molar refractivity (Wildman–Crippen MR) is 90.7 cm³/mol. The highest BCUT2D eigenvalue weighted by molar-refractivity contribution is 5.87. The number of amides is 1. The highest BCUT2D eigenvalue weighted by atomic mass is 16.1. The normalized spacial score (nSPS) is 12.9. The van der Waals surface area contributed by atoms with Crippen molar-refractivity contribution in [1.82, 2.24) is 14.9 Å². The largest absolute Gasteiger partial charge is 0.352 e. The third kappa shape index (κ3) is 3.97. The standard InChI is InChI=1S/C18H25N3O/c1-4-8-18(22)19-12-11-17-20-15-9-6-7-10-16(15)21(17)13-14(3)5-2/h4,6-10,14H,5,11-13H2,1-3H3,(H,19,22)/b8-4+. The Morgan fingerprint density at radius 1 is 1.41 bits per heavy atom. The van der Waals surface area contributed by atoms with Gasteiger partial charge in [0.05, 0.1) is 11.0 Å². The van der Waals surface area contributed by atoms with Gasteiger partial charge in [-0.1, -0.05) is 38.5 Å². The number of hydrogen-bond acceptors (Lipinski definition) is 2. The summed E-state index contributed by atoms with van der Waals surface area (Å²) in [4.78, 5) is 16.2. The lowest BCUT2D eigenvalue weighted by atomic mass is 10.1. The summed E-state index contributed by atoms with van der Waals surface area (Å²) < 4.78 is 2.30. The zero-order valence-corrected chi connectivity index (χ0v) is 13.7. The summed E-state index contributed by atoms with van der Waals surface area (Å²) in [7, 11) is 0. The van der Waals surface area contributed by atoms with Crippen LogP contribution >= 0.6 is 0 Å². The smallest absolute Gasteiger partial charge is 0.243 e. The molecule has 0 spiro atoms. The van der Waals surface area contributed by atoms with E-state index >= 15 is 0 Å². The van der Waals surface area contributed by atoms with Crippen LogP contribution in [0.1, 0.15) is 33.0 Å². The Bertz CT molecular complexity index is 657. The predicted octanol–water partition coefficient (Wildman–Crippen LogP) is 3.32. The third-order valence-electron chi connectivity index (χ3n) is 3.89. The number of fused-ring (bicyclic) bond motifs is 1. The second kappa shape index (κ2) is 7.78. The van der Waals surface area contributed by atoms with E-state index in [1.165, 1.54) is 5.52 Å². The van der Waals surface area contributed by atoms with Crippen molar-refractivity contribution in [3.8, 4) is 0 Å². The van der Waals surface area contributed by atoms with E-state index in [2.05, 4.69) is 35.9 Å². The van der Waals surface area contributed by atoms with Crippen molar-refractivity contribution in [2.24, 2.45) is 5.92 Å². The maximum absolute atomic E-state index is 11.5. The van der Waals surface area contributed by atoms with Gasteiger partial charge in [0.1, 0.15) is 5.82 Å². The van der Waals surface area contributed by atoms with E-state index in [0.29, 0.717) is 12.5 Å². The number of imidazole rings is 1. The van der Waals surface area contributed by atoms with Gasteiger partial charge >= 0.3 is 0 Å². The van der Waals surface area contributed by atoms with Crippen molar-refractivity contribution in [1.29, 1.82) is 0 Å². The Hall–Kier alpha value is -2.10. The second-order valence-corrected chi connectivity index (χ2v) is 5.68. The lowest BCUT2D eigenvalue weighted by Gasteiger charge is -2.14. The number of carbonyl (C=O) groups is 1. The molecule has 0 radical (unpaired) electrons. The lowest BCUT2D eigenvalue weighted by Crippen LogP contribution is -2.24. The molecule has 22 heavy (non-hydrogen) atoms. The van der Waals surface area contributed by atoms with Gasteiger partial charge in [-0.05, 0) is 31.1 Å². The lowest BCUT2D eigenvalue weighted by molar-refractivity contribution is -0.116. The molecular formula is C18H25N3O.